The minimum Gasteiger partial charge on any atom is -0.369 e. The average molecular weight is 318 g/mol. The SMILES string of the molecule is Cn1ncc(N2CCC(C(=O)NCC3CCCCC3)C2)cc1=O. The van der Waals surface area contributed by atoms with Crippen molar-refractivity contribution >= 4 is 11.6 Å². The number of hydrogen-bond donors (Lipinski definition) is 1. The van der Waals surface area contributed by atoms with Gasteiger partial charge in [-0.15, -0.1) is 0 Å². The molecule has 1 aliphatic carbocycles. The topological polar surface area (TPSA) is 67.2 Å². The molecule has 2 heterocycles. The lowest BCUT2D eigenvalue weighted by atomic mass is 9.89. The van der Waals surface area contributed by atoms with Gasteiger partial charge in [-0.2, -0.15) is 5.10 Å². The Bertz CT molecular complexity index is 607. The molecule has 3 rings (SSSR count). The third-order valence-corrected chi connectivity index (χ3v) is 5.17. The molecule has 126 valence electrons. The van der Waals surface area contributed by atoms with Crippen molar-refractivity contribution in [2.75, 3.05) is 24.5 Å². The highest BCUT2D eigenvalue weighted by Crippen LogP contribution is 2.24. The number of hydrogen-bond acceptors (Lipinski definition) is 4. The molecule has 1 aromatic heterocycles. The Hall–Kier alpha value is -1.85. The van der Waals surface area contributed by atoms with Crippen LogP contribution < -0.4 is 15.8 Å². The largest absolute Gasteiger partial charge is 0.369 e. The highest BCUT2D eigenvalue weighted by atomic mass is 16.2. The van der Waals surface area contributed by atoms with Crippen LogP contribution in [0.4, 0.5) is 5.69 Å². The van der Waals surface area contributed by atoms with Gasteiger partial charge >= 0.3 is 0 Å². The summed E-state index contributed by atoms with van der Waals surface area (Å²) in [4.78, 5) is 26.1. The van der Waals surface area contributed by atoms with E-state index < -0.39 is 0 Å². The van der Waals surface area contributed by atoms with Gasteiger partial charge in [0.2, 0.25) is 5.91 Å². The van der Waals surface area contributed by atoms with Crippen molar-refractivity contribution in [3.63, 3.8) is 0 Å². The molecule has 0 aromatic carbocycles. The number of carbonyl (C=O) groups excluding carboxylic acids is 1. The lowest BCUT2D eigenvalue weighted by Crippen LogP contribution is -2.36. The van der Waals surface area contributed by atoms with Crippen molar-refractivity contribution in [3.05, 3.63) is 22.6 Å². The van der Waals surface area contributed by atoms with E-state index in [1.54, 1.807) is 19.3 Å². The first-order valence-electron chi connectivity index (χ1n) is 8.69. The first kappa shape index (κ1) is 16.0. The van der Waals surface area contributed by atoms with Gasteiger partial charge in [-0.1, -0.05) is 19.3 Å². The maximum Gasteiger partial charge on any atom is 0.268 e. The fourth-order valence-corrected chi connectivity index (χ4v) is 3.62. The highest BCUT2D eigenvalue weighted by molar-refractivity contribution is 5.80. The van der Waals surface area contributed by atoms with Gasteiger partial charge in [-0.25, -0.2) is 4.68 Å². The number of rotatable bonds is 4. The lowest BCUT2D eigenvalue weighted by molar-refractivity contribution is -0.124. The molecule has 0 radical (unpaired) electrons. The summed E-state index contributed by atoms with van der Waals surface area (Å²) in [6, 6.07) is 1.59. The van der Waals surface area contributed by atoms with E-state index in [0.717, 1.165) is 25.2 Å². The molecule has 1 saturated carbocycles. The third kappa shape index (κ3) is 3.92. The van der Waals surface area contributed by atoms with Gasteiger partial charge in [-0.3, -0.25) is 9.59 Å². The molecule has 0 spiro atoms. The van der Waals surface area contributed by atoms with Gasteiger partial charge in [0.05, 0.1) is 17.8 Å². The predicted octanol–water partition coefficient (Wildman–Crippen LogP) is 1.30. The molecule has 1 N–H and O–H groups in total. The Balaban J connectivity index is 1.51. The number of amides is 1. The molecule has 2 aliphatic rings. The van der Waals surface area contributed by atoms with E-state index in [1.165, 1.54) is 36.8 Å². The van der Waals surface area contributed by atoms with Crippen LogP contribution in [0.3, 0.4) is 0 Å². The van der Waals surface area contributed by atoms with Crippen LogP contribution in [0, 0.1) is 11.8 Å². The number of nitrogens with zero attached hydrogens (tertiary/aromatic N) is 3. The van der Waals surface area contributed by atoms with Crippen molar-refractivity contribution in [1.82, 2.24) is 15.1 Å². The van der Waals surface area contributed by atoms with Gasteiger partial charge in [0.1, 0.15) is 0 Å². The van der Waals surface area contributed by atoms with E-state index in [4.69, 9.17) is 0 Å². The predicted molar refractivity (Wildman–Crippen MR) is 89.4 cm³/mol. The Kier molecular flexibility index (Phi) is 4.98. The third-order valence-electron chi connectivity index (χ3n) is 5.17. The van der Waals surface area contributed by atoms with Crippen LogP contribution in [-0.4, -0.2) is 35.3 Å². The first-order chi connectivity index (χ1) is 11.1. The summed E-state index contributed by atoms with van der Waals surface area (Å²) in [6.07, 6.45) is 8.97. The molecule has 1 saturated heterocycles. The van der Waals surface area contributed by atoms with E-state index in [-0.39, 0.29) is 17.4 Å². The molecule has 2 fully saturated rings. The number of nitrogens with one attached hydrogen (secondary N) is 1. The van der Waals surface area contributed by atoms with Gasteiger partial charge in [0.15, 0.2) is 0 Å². The zero-order chi connectivity index (χ0) is 16.2. The second-order valence-electron chi connectivity index (χ2n) is 6.86. The maximum absolute atomic E-state index is 12.4. The Morgan fingerprint density at radius 1 is 1.30 bits per heavy atom. The second-order valence-corrected chi connectivity index (χ2v) is 6.86. The summed E-state index contributed by atoms with van der Waals surface area (Å²) in [5, 5.41) is 7.19. The van der Waals surface area contributed by atoms with Crippen LogP contribution in [0.5, 0.6) is 0 Å². The summed E-state index contributed by atoms with van der Waals surface area (Å²) in [6.45, 7) is 2.30. The summed E-state index contributed by atoms with van der Waals surface area (Å²) < 4.78 is 1.31. The minimum absolute atomic E-state index is 0.0163. The standard InChI is InChI=1S/C17H26N4O2/c1-20-16(22)9-15(11-19-20)21-8-7-14(12-21)17(23)18-10-13-5-3-2-4-6-13/h9,11,13-14H,2-8,10,12H2,1H3,(H,18,23). The molecule has 1 atom stereocenters. The lowest BCUT2D eigenvalue weighted by Gasteiger charge is -2.23. The quantitative estimate of drug-likeness (QED) is 0.909. The molecule has 1 aromatic rings. The Morgan fingerprint density at radius 2 is 2.09 bits per heavy atom. The average Bonchev–Trinajstić information content (AvgIpc) is 3.06. The van der Waals surface area contributed by atoms with Gasteiger partial charge in [-0.05, 0) is 25.2 Å². The molecule has 6 heteroatoms. The molecular formula is C17H26N4O2. The summed E-state index contributed by atoms with van der Waals surface area (Å²) in [7, 11) is 1.64. The molecule has 0 bridgehead atoms. The highest BCUT2D eigenvalue weighted by Gasteiger charge is 2.29. The summed E-state index contributed by atoms with van der Waals surface area (Å²) in [5.41, 5.74) is 0.698. The van der Waals surface area contributed by atoms with E-state index in [2.05, 4.69) is 15.3 Å². The van der Waals surface area contributed by atoms with Crippen LogP contribution in [0.1, 0.15) is 38.5 Å². The Labute approximate surface area is 136 Å². The Morgan fingerprint density at radius 3 is 2.83 bits per heavy atom. The fourth-order valence-electron chi connectivity index (χ4n) is 3.62. The van der Waals surface area contributed by atoms with Crippen LogP contribution in [0.2, 0.25) is 0 Å². The van der Waals surface area contributed by atoms with Crippen LogP contribution in [0.15, 0.2) is 17.1 Å². The van der Waals surface area contributed by atoms with Crippen molar-refractivity contribution < 1.29 is 4.79 Å². The molecule has 6 nitrogen and oxygen atoms in total. The second kappa shape index (κ2) is 7.15. The smallest absolute Gasteiger partial charge is 0.268 e. The molecule has 1 aliphatic heterocycles. The maximum atomic E-state index is 12.4. The number of carbonyl (C=O) groups is 1. The van der Waals surface area contributed by atoms with Gasteiger partial charge < -0.3 is 10.2 Å². The van der Waals surface area contributed by atoms with E-state index in [1.807, 2.05) is 0 Å². The van der Waals surface area contributed by atoms with E-state index in [0.29, 0.717) is 12.5 Å². The zero-order valence-electron chi connectivity index (χ0n) is 13.8. The normalized spacial score (nSPS) is 22.3. The van der Waals surface area contributed by atoms with Crippen molar-refractivity contribution in [2.45, 2.75) is 38.5 Å². The monoisotopic (exact) mass is 318 g/mol. The number of aryl methyl sites for hydroxylation is 1. The summed E-state index contributed by atoms with van der Waals surface area (Å²) in [5.74, 6) is 0.837. The van der Waals surface area contributed by atoms with Crippen molar-refractivity contribution in [2.24, 2.45) is 18.9 Å². The van der Waals surface area contributed by atoms with Crippen molar-refractivity contribution in [3.8, 4) is 0 Å². The molecule has 1 unspecified atom stereocenters. The van der Waals surface area contributed by atoms with Gasteiger partial charge in [0.25, 0.3) is 5.56 Å². The first-order valence-corrected chi connectivity index (χ1v) is 8.69. The summed E-state index contributed by atoms with van der Waals surface area (Å²) >= 11 is 0. The van der Waals surface area contributed by atoms with E-state index in [9.17, 15) is 9.59 Å². The number of anilines is 1. The zero-order valence-corrected chi connectivity index (χ0v) is 13.8. The fraction of sp³-hybridized carbons (Fsp3) is 0.706. The molecule has 1 amide bonds. The van der Waals surface area contributed by atoms with E-state index >= 15 is 0 Å². The van der Waals surface area contributed by atoms with Crippen LogP contribution in [0.25, 0.3) is 0 Å². The minimum atomic E-state index is -0.118. The van der Waals surface area contributed by atoms with Gasteiger partial charge in [0, 0.05) is 32.7 Å². The van der Waals surface area contributed by atoms with Crippen molar-refractivity contribution in [1.29, 1.82) is 0 Å². The number of aromatic nitrogens is 2. The van der Waals surface area contributed by atoms with Crippen LogP contribution in [-0.2, 0) is 11.8 Å². The molecule has 23 heavy (non-hydrogen) atoms. The van der Waals surface area contributed by atoms with Crippen LogP contribution >= 0.6 is 0 Å². The molecular weight excluding hydrogens is 292 g/mol.